The van der Waals surface area contributed by atoms with E-state index in [9.17, 15) is 26.4 Å². The maximum Gasteiger partial charge on any atom is 0.421 e. The van der Waals surface area contributed by atoms with E-state index in [0.29, 0.717) is 23.1 Å². The van der Waals surface area contributed by atoms with E-state index in [1.165, 1.54) is 13.2 Å². The molecule has 0 saturated heterocycles. The van der Waals surface area contributed by atoms with Gasteiger partial charge in [-0.05, 0) is 23.8 Å². The Morgan fingerprint density at radius 2 is 1.97 bits per heavy atom. The van der Waals surface area contributed by atoms with Gasteiger partial charge in [0.15, 0.2) is 0 Å². The van der Waals surface area contributed by atoms with E-state index in [1.54, 1.807) is 30.3 Å². The first-order valence-electron chi connectivity index (χ1n) is 10.2. The molecule has 0 bridgehead atoms. The van der Waals surface area contributed by atoms with Gasteiger partial charge in [-0.25, -0.2) is 18.4 Å². The van der Waals surface area contributed by atoms with E-state index < -0.39 is 27.6 Å². The van der Waals surface area contributed by atoms with Crippen molar-refractivity contribution in [1.82, 2.24) is 15.0 Å². The number of carbonyl (C=O) groups is 1. The average Bonchev–Trinajstić information content (AvgIpc) is 3.15. The summed E-state index contributed by atoms with van der Waals surface area (Å²) in [4.78, 5) is 23.4. The van der Waals surface area contributed by atoms with Crippen molar-refractivity contribution in [2.24, 2.45) is 0 Å². The number of carbonyl (C=O) groups excluding carboxylic acids is 1. The number of amides is 1. The Balaban J connectivity index is 1.61. The monoisotopic (exact) mass is 507 g/mol. The molecule has 0 aliphatic carbocycles. The lowest BCUT2D eigenvalue weighted by atomic mass is 10.1. The highest BCUT2D eigenvalue weighted by atomic mass is 32.2. The summed E-state index contributed by atoms with van der Waals surface area (Å²) in [6.07, 6.45) is -1.45. The minimum Gasteiger partial charge on any atom is -0.365 e. The van der Waals surface area contributed by atoms with E-state index in [1.807, 2.05) is 0 Å². The Morgan fingerprint density at radius 3 is 2.69 bits per heavy atom. The van der Waals surface area contributed by atoms with Gasteiger partial charge in [-0.3, -0.25) is 9.10 Å². The summed E-state index contributed by atoms with van der Waals surface area (Å²) in [5, 5.41) is 8.16. The molecule has 3 heterocycles. The molecule has 0 spiro atoms. The molecule has 4 rings (SSSR count). The number of pyridine rings is 1. The second-order valence-corrected chi connectivity index (χ2v) is 9.76. The van der Waals surface area contributed by atoms with Crippen molar-refractivity contribution in [3.8, 4) is 0 Å². The lowest BCUT2D eigenvalue weighted by Crippen LogP contribution is -2.27. The number of nitrogens with one attached hydrogen (secondary N) is 3. The molecule has 0 atom stereocenters. The molecule has 1 aliphatic rings. The van der Waals surface area contributed by atoms with Crippen LogP contribution >= 0.6 is 0 Å². The van der Waals surface area contributed by atoms with Gasteiger partial charge >= 0.3 is 6.18 Å². The molecule has 35 heavy (non-hydrogen) atoms. The smallest absolute Gasteiger partial charge is 0.365 e. The lowest BCUT2D eigenvalue weighted by molar-refractivity contribution is -0.137. The lowest BCUT2D eigenvalue weighted by Gasteiger charge is -2.20. The number of fused-ring (bicyclic) bond motifs is 1. The first-order valence-corrected chi connectivity index (χ1v) is 12.0. The molecule has 14 heteroatoms. The number of nitrogens with zero attached hydrogens (tertiary/aromatic N) is 4. The molecule has 0 fully saturated rings. The number of aromatic nitrogens is 3. The molecule has 0 unspecified atom stereocenters. The summed E-state index contributed by atoms with van der Waals surface area (Å²) < 4.78 is 65.6. The van der Waals surface area contributed by atoms with Crippen LogP contribution in [0.5, 0.6) is 0 Å². The van der Waals surface area contributed by atoms with E-state index in [4.69, 9.17) is 0 Å². The van der Waals surface area contributed by atoms with Crippen LogP contribution in [0.1, 0.15) is 16.7 Å². The van der Waals surface area contributed by atoms with E-state index in [2.05, 4.69) is 30.9 Å². The number of hydrogen-bond acceptors (Lipinski definition) is 8. The highest BCUT2D eigenvalue weighted by molar-refractivity contribution is 7.92. The fourth-order valence-corrected chi connectivity index (χ4v) is 3.87. The number of hydrogen-bond donors (Lipinski definition) is 3. The molecule has 10 nitrogen and oxygen atoms in total. The van der Waals surface area contributed by atoms with E-state index in [0.717, 1.165) is 16.1 Å². The van der Waals surface area contributed by atoms with Crippen LogP contribution in [0.25, 0.3) is 0 Å². The largest absolute Gasteiger partial charge is 0.421 e. The molecule has 184 valence electrons. The standard InChI is InChI=1S/C21H20F3N7O3S/c1-31(35(2,33)34)19-13(4-3-7-25-19)10-26-18-15(21(22,23)24)11-27-20(30-18)28-14-6-5-12-8-17(32)29-16(12)9-14/h3-7,9,11H,8,10H2,1-2H3,(H,29,32)(H2,26,27,28,30). The highest BCUT2D eigenvalue weighted by Crippen LogP contribution is 2.35. The minimum absolute atomic E-state index is 0.0728. The summed E-state index contributed by atoms with van der Waals surface area (Å²) in [5.41, 5.74) is 1.13. The van der Waals surface area contributed by atoms with Gasteiger partial charge in [0, 0.05) is 42.9 Å². The second-order valence-electron chi connectivity index (χ2n) is 7.75. The van der Waals surface area contributed by atoms with Gasteiger partial charge in [0.25, 0.3) is 0 Å². The predicted molar refractivity (Wildman–Crippen MR) is 124 cm³/mol. The van der Waals surface area contributed by atoms with Gasteiger partial charge in [0.2, 0.25) is 21.9 Å². The zero-order chi connectivity index (χ0) is 25.4. The Kier molecular flexibility index (Phi) is 6.23. The molecule has 3 aromatic rings. The molecule has 0 radical (unpaired) electrons. The third kappa shape index (κ3) is 5.42. The fraction of sp³-hybridized carbons (Fsp3) is 0.238. The predicted octanol–water partition coefficient (Wildman–Crippen LogP) is 3.14. The van der Waals surface area contributed by atoms with Crippen molar-refractivity contribution >= 4 is 44.9 Å². The number of halogens is 3. The Labute approximate surface area is 198 Å². The van der Waals surface area contributed by atoms with Crippen molar-refractivity contribution < 1.29 is 26.4 Å². The van der Waals surface area contributed by atoms with Crippen LogP contribution in [0, 0.1) is 0 Å². The van der Waals surface area contributed by atoms with Crippen LogP contribution in [-0.4, -0.2) is 42.6 Å². The SMILES string of the molecule is CN(c1ncccc1CNc1nc(Nc2ccc3c(c2)NC(=O)C3)ncc1C(F)(F)F)S(C)(=O)=O. The zero-order valence-corrected chi connectivity index (χ0v) is 19.3. The fourth-order valence-electron chi connectivity index (χ4n) is 3.39. The van der Waals surface area contributed by atoms with Gasteiger partial charge in [0.1, 0.15) is 17.2 Å². The minimum atomic E-state index is -4.74. The van der Waals surface area contributed by atoms with Crippen LogP contribution in [0.4, 0.5) is 42.1 Å². The molecule has 2 aromatic heterocycles. The molecule has 1 amide bonds. The van der Waals surface area contributed by atoms with Crippen LogP contribution in [0.15, 0.2) is 42.7 Å². The molecule has 1 aromatic carbocycles. The molecule has 0 saturated carbocycles. The summed E-state index contributed by atoms with van der Waals surface area (Å²) in [7, 11) is -2.34. The van der Waals surface area contributed by atoms with E-state index in [-0.39, 0.29) is 30.6 Å². The quantitative estimate of drug-likeness (QED) is 0.445. The van der Waals surface area contributed by atoms with Gasteiger partial charge in [0.05, 0.1) is 12.7 Å². The number of anilines is 5. The summed E-state index contributed by atoms with van der Waals surface area (Å²) in [6, 6.07) is 8.11. The summed E-state index contributed by atoms with van der Waals surface area (Å²) in [5.74, 6) is -0.680. The normalized spacial score (nSPS) is 13.2. The maximum absolute atomic E-state index is 13.6. The topological polar surface area (TPSA) is 129 Å². The van der Waals surface area contributed by atoms with E-state index >= 15 is 0 Å². The third-order valence-electron chi connectivity index (χ3n) is 5.19. The van der Waals surface area contributed by atoms with Crippen molar-refractivity contribution in [2.75, 3.05) is 33.6 Å². The van der Waals surface area contributed by atoms with Crippen molar-refractivity contribution in [2.45, 2.75) is 19.1 Å². The molecular weight excluding hydrogens is 487 g/mol. The van der Waals surface area contributed by atoms with Gasteiger partial charge in [-0.1, -0.05) is 12.1 Å². The summed E-state index contributed by atoms with van der Waals surface area (Å²) >= 11 is 0. The Bertz CT molecular complexity index is 1400. The Hall–Kier alpha value is -3.94. The van der Waals surface area contributed by atoms with Gasteiger partial charge < -0.3 is 16.0 Å². The number of sulfonamides is 1. The van der Waals surface area contributed by atoms with Gasteiger partial charge in [-0.2, -0.15) is 18.2 Å². The van der Waals surface area contributed by atoms with Gasteiger partial charge in [-0.15, -0.1) is 0 Å². The second kappa shape index (κ2) is 9.02. The summed E-state index contributed by atoms with van der Waals surface area (Å²) in [6.45, 7) is -0.187. The van der Waals surface area contributed by atoms with Crippen LogP contribution in [-0.2, 0) is 34.0 Å². The van der Waals surface area contributed by atoms with Crippen molar-refractivity contribution in [1.29, 1.82) is 0 Å². The van der Waals surface area contributed by atoms with Crippen LogP contribution in [0.2, 0.25) is 0 Å². The Morgan fingerprint density at radius 1 is 1.20 bits per heavy atom. The molecule has 1 aliphatic heterocycles. The first kappa shape index (κ1) is 24.2. The first-order chi connectivity index (χ1) is 16.4. The van der Waals surface area contributed by atoms with Crippen LogP contribution < -0.4 is 20.3 Å². The highest BCUT2D eigenvalue weighted by Gasteiger charge is 2.35. The van der Waals surface area contributed by atoms with Crippen molar-refractivity contribution in [3.63, 3.8) is 0 Å². The molecular formula is C21H20F3N7O3S. The number of benzene rings is 1. The number of rotatable bonds is 7. The average molecular weight is 507 g/mol. The molecule has 3 N–H and O–H groups in total. The van der Waals surface area contributed by atoms with Crippen molar-refractivity contribution in [3.05, 3.63) is 59.4 Å². The third-order valence-corrected chi connectivity index (χ3v) is 6.36. The number of alkyl halides is 3. The van der Waals surface area contributed by atoms with Crippen LogP contribution in [0.3, 0.4) is 0 Å². The zero-order valence-electron chi connectivity index (χ0n) is 18.5. The maximum atomic E-state index is 13.6.